The topological polar surface area (TPSA) is 24.1 Å². The zero-order valence-electron chi connectivity index (χ0n) is 18.3. The number of nitrogens with one attached hydrogen (secondary N) is 2. The van der Waals surface area contributed by atoms with E-state index >= 15 is 0 Å². The second-order valence-corrected chi connectivity index (χ2v) is 11.2. The van der Waals surface area contributed by atoms with Gasteiger partial charge in [-0.2, -0.15) is 0 Å². The molecule has 23 heavy (non-hydrogen) atoms. The van der Waals surface area contributed by atoms with E-state index in [0.717, 1.165) is 19.5 Å². The first-order chi connectivity index (χ1) is 9.96. The molecule has 0 aromatic heterocycles. The van der Waals surface area contributed by atoms with E-state index < -0.39 is 0 Å². The molecule has 0 amide bonds. The molecule has 2 unspecified atom stereocenters. The summed E-state index contributed by atoms with van der Waals surface area (Å²) in [4.78, 5) is 0. The Morgan fingerprint density at radius 2 is 0.826 bits per heavy atom. The van der Waals surface area contributed by atoms with Crippen LogP contribution in [0, 0.1) is 22.7 Å². The molecule has 140 valence electrons. The lowest BCUT2D eigenvalue weighted by Crippen LogP contribution is -2.53. The Balaban J connectivity index is 4.51. The predicted molar refractivity (Wildman–Crippen MR) is 106 cm³/mol. The van der Waals surface area contributed by atoms with Crippen molar-refractivity contribution < 1.29 is 0 Å². The zero-order valence-corrected chi connectivity index (χ0v) is 18.3. The fourth-order valence-corrected chi connectivity index (χ4v) is 2.70. The first-order valence-corrected chi connectivity index (χ1v) is 9.46. The summed E-state index contributed by atoms with van der Waals surface area (Å²) in [6.45, 7) is 30.1. The van der Waals surface area contributed by atoms with Crippen molar-refractivity contribution in [2.24, 2.45) is 22.7 Å². The molecule has 0 fully saturated rings. The third-order valence-electron chi connectivity index (χ3n) is 5.61. The highest BCUT2D eigenvalue weighted by atomic mass is 15.0. The molecule has 0 spiro atoms. The molecule has 0 aromatic rings. The monoisotopic (exact) mass is 326 g/mol. The number of hydrogen-bond donors (Lipinski definition) is 2. The molecule has 2 heteroatoms. The summed E-state index contributed by atoms with van der Waals surface area (Å²) >= 11 is 0. The van der Waals surface area contributed by atoms with Gasteiger partial charge in [-0.1, -0.05) is 55.4 Å². The maximum Gasteiger partial charge on any atom is 0.0142 e. The maximum atomic E-state index is 3.80. The van der Waals surface area contributed by atoms with Gasteiger partial charge in [-0.25, -0.2) is 0 Å². The van der Waals surface area contributed by atoms with E-state index in [1.165, 1.54) is 0 Å². The summed E-state index contributed by atoms with van der Waals surface area (Å²) in [6.07, 6.45) is 1.12. The van der Waals surface area contributed by atoms with Crippen LogP contribution in [0.25, 0.3) is 0 Å². The lowest BCUT2D eigenvalue weighted by atomic mass is 9.80. The van der Waals surface area contributed by atoms with Gasteiger partial charge in [0.1, 0.15) is 0 Å². The molecule has 0 saturated heterocycles. The van der Waals surface area contributed by atoms with E-state index in [0.29, 0.717) is 22.7 Å². The Morgan fingerprint density at radius 1 is 0.565 bits per heavy atom. The Hall–Kier alpha value is -0.0800. The molecule has 2 atom stereocenters. The van der Waals surface area contributed by atoms with Crippen LogP contribution in [0.4, 0.5) is 0 Å². The lowest BCUT2D eigenvalue weighted by molar-refractivity contribution is 0.184. The minimum atomic E-state index is 0.140. The van der Waals surface area contributed by atoms with Gasteiger partial charge in [0.25, 0.3) is 0 Å². The molecular weight excluding hydrogens is 280 g/mol. The maximum absolute atomic E-state index is 3.80. The van der Waals surface area contributed by atoms with Gasteiger partial charge < -0.3 is 10.6 Å². The summed E-state index contributed by atoms with van der Waals surface area (Å²) in [6, 6.07) is 0. The van der Waals surface area contributed by atoms with Crippen molar-refractivity contribution in [3.63, 3.8) is 0 Å². The van der Waals surface area contributed by atoms with Gasteiger partial charge >= 0.3 is 0 Å². The standard InChI is InChI=1S/C21H46N2/c1-16(18(3,4)5)13-22-20(9,10)15-21(11,12)23-14-17(2)19(6,7)8/h16-17,22-23H,13-15H2,1-12H3. The predicted octanol–water partition coefficient (Wildman–Crippen LogP) is 5.48. The van der Waals surface area contributed by atoms with Crippen LogP contribution in [0.3, 0.4) is 0 Å². The van der Waals surface area contributed by atoms with Crippen LogP contribution in [0.2, 0.25) is 0 Å². The second kappa shape index (κ2) is 7.87. The molecule has 0 bridgehead atoms. The third-order valence-corrected chi connectivity index (χ3v) is 5.61. The molecule has 0 aromatic carbocycles. The largest absolute Gasteiger partial charge is 0.311 e. The van der Waals surface area contributed by atoms with Crippen LogP contribution in [0.1, 0.15) is 89.5 Å². The minimum absolute atomic E-state index is 0.140. The second-order valence-electron chi connectivity index (χ2n) is 11.2. The highest BCUT2D eigenvalue weighted by Crippen LogP contribution is 2.28. The van der Waals surface area contributed by atoms with Gasteiger partial charge in [-0.3, -0.25) is 0 Å². The first-order valence-electron chi connectivity index (χ1n) is 9.46. The van der Waals surface area contributed by atoms with Crippen LogP contribution in [-0.4, -0.2) is 24.2 Å². The van der Waals surface area contributed by atoms with Gasteiger partial charge in [0.2, 0.25) is 0 Å². The van der Waals surface area contributed by atoms with E-state index in [1.807, 2.05) is 0 Å². The summed E-state index contributed by atoms with van der Waals surface area (Å²) in [5.41, 5.74) is 1.000. The Kier molecular flexibility index (Phi) is 7.84. The van der Waals surface area contributed by atoms with E-state index in [1.54, 1.807) is 0 Å². The van der Waals surface area contributed by atoms with E-state index in [2.05, 4.69) is 93.7 Å². The zero-order chi connectivity index (χ0) is 18.7. The van der Waals surface area contributed by atoms with Crippen molar-refractivity contribution >= 4 is 0 Å². The SMILES string of the molecule is CC(CNC(C)(C)CC(C)(C)NCC(C)C(C)(C)C)C(C)(C)C. The highest BCUT2D eigenvalue weighted by Gasteiger charge is 2.31. The third kappa shape index (κ3) is 9.72. The average molecular weight is 327 g/mol. The van der Waals surface area contributed by atoms with E-state index in [-0.39, 0.29) is 11.1 Å². The summed E-state index contributed by atoms with van der Waals surface area (Å²) in [7, 11) is 0. The highest BCUT2D eigenvalue weighted by molar-refractivity contribution is 4.91. The first kappa shape index (κ1) is 22.9. The van der Waals surface area contributed by atoms with Crippen molar-refractivity contribution in [3.8, 4) is 0 Å². The number of hydrogen-bond acceptors (Lipinski definition) is 2. The number of rotatable bonds is 8. The molecule has 2 nitrogen and oxygen atoms in total. The van der Waals surface area contributed by atoms with Crippen LogP contribution in [0.5, 0.6) is 0 Å². The van der Waals surface area contributed by atoms with Crippen molar-refractivity contribution in [2.45, 2.75) is 101 Å². The molecule has 0 rings (SSSR count). The Bertz CT molecular complexity index is 308. The Labute approximate surface area is 147 Å². The molecule has 0 saturated carbocycles. The Morgan fingerprint density at radius 3 is 1.04 bits per heavy atom. The average Bonchev–Trinajstić information content (AvgIpc) is 2.29. The van der Waals surface area contributed by atoms with Crippen LogP contribution < -0.4 is 10.6 Å². The molecule has 0 aliphatic carbocycles. The normalized spacial score (nSPS) is 17.2. The van der Waals surface area contributed by atoms with Crippen molar-refractivity contribution in [1.82, 2.24) is 10.6 Å². The minimum Gasteiger partial charge on any atom is -0.311 e. The molecule has 0 aliphatic heterocycles. The van der Waals surface area contributed by atoms with Crippen molar-refractivity contribution in [1.29, 1.82) is 0 Å². The molecule has 0 aliphatic rings. The van der Waals surface area contributed by atoms with Crippen molar-refractivity contribution in [3.05, 3.63) is 0 Å². The molecular formula is C21H46N2. The van der Waals surface area contributed by atoms with Gasteiger partial charge in [-0.15, -0.1) is 0 Å². The van der Waals surface area contributed by atoms with E-state index in [9.17, 15) is 0 Å². The smallest absolute Gasteiger partial charge is 0.0142 e. The van der Waals surface area contributed by atoms with Crippen LogP contribution >= 0.6 is 0 Å². The van der Waals surface area contributed by atoms with Gasteiger partial charge in [0.15, 0.2) is 0 Å². The van der Waals surface area contributed by atoms with Gasteiger partial charge in [-0.05, 0) is 69.9 Å². The van der Waals surface area contributed by atoms with E-state index in [4.69, 9.17) is 0 Å². The summed E-state index contributed by atoms with van der Waals surface area (Å²) in [5.74, 6) is 1.33. The fraction of sp³-hybridized carbons (Fsp3) is 1.00. The summed E-state index contributed by atoms with van der Waals surface area (Å²) < 4.78 is 0. The summed E-state index contributed by atoms with van der Waals surface area (Å²) in [5, 5.41) is 7.60. The molecule has 0 heterocycles. The quantitative estimate of drug-likeness (QED) is 0.617. The lowest BCUT2D eigenvalue weighted by Gasteiger charge is -2.40. The van der Waals surface area contributed by atoms with Crippen LogP contribution in [-0.2, 0) is 0 Å². The van der Waals surface area contributed by atoms with Gasteiger partial charge in [0, 0.05) is 11.1 Å². The van der Waals surface area contributed by atoms with Crippen molar-refractivity contribution in [2.75, 3.05) is 13.1 Å². The fourth-order valence-electron chi connectivity index (χ4n) is 2.70. The van der Waals surface area contributed by atoms with Gasteiger partial charge in [0.05, 0.1) is 0 Å². The molecule has 2 N–H and O–H groups in total. The van der Waals surface area contributed by atoms with Crippen LogP contribution in [0.15, 0.2) is 0 Å². The molecule has 0 radical (unpaired) electrons.